The van der Waals surface area contributed by atoms with Crippen molar-refractivity contribution >= 4 is 10.0 Å². The number of ether oxygens (including phenoxy) is 1. The first-order valence-corrected chi connectivity index (χ1v) is 9.58. The van der Waals surface area contributed by atoms with Crippen LogP contribution in [0.15, 0.2) is 53.4 Å². The van der Waals surface area contributed by atoms with E-state index in [2.05, 4.69) is 23.3 Å². The Bertz CT molecular complexity index is 825. The van der Waals surface area contributed by atoms with Crippen molar-refractivity contribution in [2.75, 3.05) is 6.54 Å². The Labute approximate surface area is 152 Å². The average Bonchev–Trinajstić information content (AvgIpc) is 2.59. The molecule has 0 spiro atoms. The maximum absolute atomic E-state index is 12.5. The van der Waals surface area contributed by atoms with Crippen LogP contribution in [-0.2, 0) is 10.0 Å². The Morgan fingerprint density at radius 1 is 1.04 bits per heavy atom. The molecule has 0 bridgehead atoms. The van der Waals surface area contributed by atoms with Crippen molar-refractivity contribution in [2.45, 2.75) is 37.3 Å². The number of nitrogens with one attached hydrogen (secondary N) is 1. The van der Waals surface area contributed by atoms with Crippen LogP contribution in [0.5, 0.6) is 5.75 Å². The summed E-state index contributed by atoms with van der Waals surface area (Å²) < 4.78 is 56.4. The smallest absolute Gasteiger partial charge is 0.387 e. The van der Waals surface area contributed by atoms with Crippen LogP contribution < -0.4 is 15.2 Å². The van der Waals surface area contributed by atoms with Crippen LogP contribution in [0.2, 0.25) is 0 Å². The highest BCUT2D eigenvalue weighted by molar-refractivity contribution is 7.89. The van der Waals surface area contributed by atoms with E-state index in [9.17, 15) is 17.2 Å². The third-order valence-corrected chi connectivity index (χ3v) is 5.34. The molecule has 0 aliphatic carbocycles. The summed E-state index contributed by atoms with van der Waals surface area (Å²) in [7, 11) is -4.05. The lowest BCUT2D eigenvalue weighted by molar-refractivity contribution is -0.0517. The van der Waals surface area contributed by atoms with E-state index in [1.807, 2.05) is 24.3 Å². The molecule has 0 heterocycles. The molecular weight excluding hydrogens is 362 g/mol. The molecule has 1 atom stereocenters. The lowest BCUT2D eigenvalue weighted by atomic mass is 9.99. The average molecular weight is 384 g/mol. The highest BCUT2D eigenvalue weighted by atomic mass is 32.2. The Morgan fingerprint density at radius 3 is 2.19 bits per heavy atom. The van der Waals surface area contributed by atoms with Gasteiger partial charge >= 0.3 is 6.61 Å². The van der Waals surface area contributed by atoms with Crippen molar-refractivity contribution in [3.63, 3.8) is 0 Å². The van der Waals surface area contributed by atoms with E-state index in [0.29, 0.717) is 5.92 Å². The Kier molecular flexibility index (Phi) is 6.69. The van der Waals surface area contributed by atoms with Crippen LogP contribution in [-0.4, -0.2) is 21.6 Å². The number of para-hydroxylation sites is 1. The zero-order valence-corrected chi connectivity index (χ0v) is 15.3. The predicted octanol–water partition coefficient (Wildman–Crippen LogP) is 3.39. The molecule has 2 rings (SSSR count). The maximum atomic E-state index is 12.5. The van der Waals surface area contributed by atoms with E-state index >= 15 is 0 Å². The van der Waals surface area contributed by atoms with Crippen LogP contribution in [0.25, 0.3) is 0 Å². The lowest BCUT2D eigenvalue weighted by Crippen LogP contribution is -2.32. The number of hydrogen-bond acceptors (Lipinski definition) is 4. The molecule has 1 unspecified atom stereocenters. The van der Waals surface area contributed by atoms with Crippen LogP contribution in [0.4, 0.5) is 8.78 Å². The molecule has 0 saturated carbocycles. The SMILES string of the molecule is CC(C)c1ccc(C(N)CNS(=O)(=O)c2ccccc2OC(F)F)cc1. The molecule has 2 aromatic rings. The highest BCUT2D eigenvalue weighted by Crippen LogP contribution is 2.25. The van der Waals surface area contributed by atoms with Gasteiger partial charge in [-0.3, -0.25) is 0 Å². The van der Waals surface area contributed by atoms with Gasteiger partial charge in [-0.2, -0.15) is 8.78 Å². The summed E-state index contributed by atoms with van der Waals surface area (Å²) >= 11 is 0. The van der Waals surface area contributed by atoms with Crippen molar-refractivity contribution in [1.82, 2.24) is 4.72 Å². The van der Waals surface area contributed by atoms with Crippen molar-refractivity contribution < 1.29 is 21.9 Å². The van der Waals surface area contributed by atoms with E-state index in [1.165, 1.54) is 24.3 Å². The van der Waals surface area contributed by atoms with Crippen LogP contribution in [0.1, 0.15) is 36.9 Å². The molecular formula is C18H22F2N2O3S. The number of sulfonamides is 1. The minimum atomic E-state index is -4.05. The first kappa shape index (κ1) is 20.3. The fourth-order valence-electron chi connectivity index (χ4n) is 2.39. The largest absolute Gasteiger partial charge is 0.433 e. The van der Waals surface area contributed by atoms with E-state index in [-0.39, 0.29) is 11.4 Å². The minimum Gasteiger partial charge on any atom is -0.433 e. The fraction of sp³-hybridized carbons (Fsp3) is 0.333. The van der Waals surface area contributed by atoms with Gasteiger partial charge in [0, 0.05) is 12.6 Å². The Balaban J connectivity index is 2.10. The molecule has 2 aromatic carbocycles. The number of alkyl halides is 2. The van der Waals surface area contributed by atoms with Gasteiger partial charge in [-0.25, -0.2) is 13.1 Å². The van der Waals surface area contributed by atoms with Crippen molar-refractivity contribution in [1.29, 1.82) is 0 Å². The summed E-state index contributed by atoms with van der Waals surface area (Å²) in [6, 6.07) is 12.2. The summed E-state index contributed by atoms with van der Waals surface area (Å²) in [6.45, 7) is 0.948. The summed E-state index contributed by atoms with van der Waals surface area (Å²) in [6.07, 6.45) is 0. The molecule has 142 valence electrons. The first-order valence-electron chi connectivity index (χ1n) is 8.09. The summed E-state index contributed by atoms with van der Waals surface area (Å²) in [5.41, 5.74) is 7.97. The second kappa shape index (κ2) is 8.57. The molecule has 3 N–H and O–H groups in total. The zero-order chi connectivity index (χ0) is 19.3. The molecule has 0 radical (unpaired) electrons. The van der Waals surface area contributed by atoms with Gasteiger partial charge in [-0.15, -0.1) is 0 Å². The first-order chi connectivity index (χ1) is 12.2. The number of halogens is 2. The van der Waals surface area contributed by atoms with Crippen molar-refractivity contribution in [3.05, 3.63) is 59.7 Å². The molecule has 5 nitrogen and oxygen atoms in total. The van der Waals surface area contributed by atoms with Crippen LogP contribution >= 0.6 is 0 Å². The normalized spacial score (nSPS) is 13.2. The third-order valence-electron chi connectivity index (χ3n) is 3.88. The topological polar surface area (TPSA) is 81.4 Å². The molecule has 26 heavy (non-hydrogen) atoms. The van der Waals surface area contributed by atoms with Gasteiger partial charge in [0.15, 0.2) is 0 Å². The molecule has 0 aliphatic heterocycles. The van der Waals surface area contributed by atoms with E-state index in [0.717, 1.165) is 11.1 Å². The van der Waals surface area contributed by atoms with E-state index < -0.39 is 28.4 Å². The minimum absolute atomic E-state index is 0.0770. The summed E-state index contributed by atoms with van der Waals surface area (Å²) in [5, 5.41) is 0. The fourth-order valence-corrected chi connectivity index (χ4v) is 3.58. The van der Waals surface area contributed by atoms with Crippen molar-refractivity contribution in [2.24, 2.45) is 5.73 Å². The second-order valence-corrected chi connectivity index (χ2v) is 7.84. The summed E-state index contributed by atoms with van der Waals surface area (Å²) in [4.78, 5) is -0.359. The van der Waals surface area contributed by atoms with Gasteiger partial charge in [0.25, 0.3) is 0 Å². The maximum Gasteiger partial charge on any atom is 0.387 e. The lowest BCUT2D eigenvalue weighted by Gasteiger charge is -2.16. The molecule has 0 aliphatic rings. The standard InChI is InChI=1S/C18H22F2N2O3S/c1-12(2)13-7-9-14(10-8-13)15(21)11-22-26(23,24)17-6-4-3-5-16(17)25-18(19)20/h3-10,12,15,18,22H,11,21H2,1-2H3. The quantitative estimate of drug-likeness (QED) is 0.731. The molecule has 0 aromatic heterocycles. The van der Waals surface area contributed by atoms with Gasteiger partial charge in [0.05, 0.1) is 0 Å². The monoisotopic (exact) mass is 384 g/mol. The number of benzene rings is 2. The second-order valence-electron chi connectivity index (χ2n) is 6.10. The van der Waals surface area contributed by atoms with E-state index in [4.69, 9.17) is 5.73 Å². The van der Waals surface area contributed by atoms with Crippen molar-refractivity contribution in [3.8, 4) is 5.75 Å². The molecule has 0 fully saturated rings. The highest BCUT2D eigenvalue weighted by Gasteiger charge is 2.22. The Morgan fingerprint density at radius 2 is 1.62 bits per heavy atom. The van der Waals surface area contributed by atoms with Gasteiger partial charge in [0.2, 0.25) is 10.0 Å². The van der Waals surface area contributed by atoms with Gasteiger partial charge in [-0.05, 0) is 29.2 Å². The number of nitrogens with two attached hydrogens (primary N) is 1. The summed E-state index contributed by atoms with van der Waals surface area (Å²) in [5.74, 6) is -0.0324. The molecule has 0 saturated heterocycles. The zero-order valence-electron chi connectivity index (χ0n) is 14.5. The number of rotatable bonds is 8. The van der Waals surface area contributed by atoms with Crippen LogP contribution in [0, 0.1) is 0 Å². The van der Waals surface area contributed by atoms with Gasteiger partial charge in [0.1, 0.15) is 10.6 Å². The van der Waals surface area contributed by atoms with Gasteiger partial charge in [-0.1, -0.05) is 50.2 Å². The molecule has 0 amide bonds. The molecule has 8 heteroatoms. The van der Waals surface area contributed by atoms with Gasteiger partial charge < -0.3 is 10.5 Å². The third kappa shape index (κ3) is 5.23. The van der Waals surface area contributed by atoms with E-state index in [1.54, 1.807) is 0 Å². The van der Waals surface area contributed by atoms with Crippen LogP contribution in [0.3, 0.4) is 0 Å². The Hall–Kier alpha value is -2.03. The predicted molar refractivity (Wildman–Crippen MR) is 95.7 cm³/mol. The number of hydrogen-bond donors (Lipinski definition) is 2.